The Hall–Kier alpha value is -1.89. The highest BCUT2D eigenvalue weighted by Gasteiger charge is 2.25. The maximum atomic E-state index is 13.4. The number of nitrogens with one attached hydrogen (secondary N) is 1. The molecule has 0 saturated carbocycles. The van der Waals surface area contributed by atoms with Crippen molar-refractivity contribution in [3.8, 4) is 11.4 Å². The maximum absolute atomic E-state index is 13.4. The van der Waals surface area contributed by atoms with Crippen molar-refractivity contribution in [1.29, 1.82) is 0 Å². The van der Waals surface area contributed by atoms with E-state index in [1.807, 2.05) is 4.57 Å². The van der Waals surface area contributed by atoms with Gasteiger partial charge in [-0.15, -0.1) is 10.2 Å². The van der Waals surface area contributed by atoms with Gasteiger partial charge in [-0.05, 0) is 18.6 Å². The third-order valence-electron chi connectivity index (χ3n) is 3.64. The molecule has 0 amide bonds. The highest BCUT2D eigenvalue weighted by Crippen LogP contribution is 2.27. The molecule has 1 aliphatic heterocycles. The number of hydrogen-bond acceptors (Lipinski definition) is 3. The summed E-state index contributed by atoms with van der Waals surface area (Å²) < 4.78 is 41.6. The summed E-state index contributed by atoms with van der Waals surface area (Å²) in [6.45, 7) is 3.41. The predicted molar refractivity (Wildman–Crippen MR) is 71.0 cm³/mol. The van der Waals surface area contributed by atoms with Gasteiger partial charge in [0.15, 0.2) is 29.1 Å². The van der Waals surface area contributed by atoms with Gasteiger partial charge in [0.05, 0.1) is 6.04 Å². The molecular formula is C14H15F3N4. The van der Waals surface area contributed by atoms with Gasteiger partial charge in [-0.25, -0.2) is 13.2 Å². The second-order valence-electron chi connectivity index (χ2n) is 5.08. The molecule has 0 bridgehead atoms. The first-order valence-electron chi connectivity index (χ1n) is 6.93. The molecule has 3 rings (SSSR count). The fourth-order valence-corrected chi connectivity index (χ4v) is 2.65. The number of nitrogens with zero attached hydrogens (tertiary/aromatic N) is 3. The van der Waals surface area contributed by atoms with Gasteiger partial charge in [0.2, 0.25) is 0 Å². The molecule has 21 heavy (non-hydrogen) atoms. The van der Waals surface area contributed by atoms with Gasteiger partial charge in [0, 0.05) is 18.7 Å². The molecule has 0 aliphatic carbocycles. The summed E-state index contributed by atoms with van der Waals surface area (Å²) in [6.07, 6.45) is 1.89. The average Bonchev–Trinajstić information content (AvgIpc) is 2.89. The summed E-state index contributed by atoms with van der Waals surface area (Å²) >= 11 is 0. The highest BCUT2D eigenvalue weighted by atomic mass is 19.2. The minimum atomic E-state index is -1.47. The van der Waals surface area contributed by atoms with Crippen LogP contribution in [0.25, 0.3) is 11.4 Å². The van der Waals surface area contributed by atoms with Crippen LogP contribution in [-0.2, 0) is 6.54 Å². The zero-order valence-corrected chi connectivity index (χ0v) is 11.5. The van der Waals surface area contributed by atoms with Crippen molar-refractivity contribution in [3.63, 3.8) is 0 Å². The molecule has 1 aromatic carbocycles. The Kier molecular flexibility index (Phi) is 3.67. The fourth-order valence-electron chi connectivity index (χ4n) is 2.65. The summed E-state index contributed by atoms with van der Waals surface area (Å²) in [5.41, 5.74) is 0.197. The van der Waals surface area contributed by atoms with Gasteiger partial charge in [-0.3, -0.25) is 0 Å². The van der Waals surface area contributed by atoms with E-state index in [2.05, 4.69) is 22.4 Å². The van der Waals surface area contributed by atoms with E-state index < -0.39 is 17.5 Å². The summed E-state index contributed by atoms with van der Waals surface area (Å²) in [7, 11) is 0. The molecular weight excluding hydrogens is 281 g/mol. The summed E-state index contributed by atoms with van der Waals surface area (Å²) in [4.78, 5) is 0. The molecule has 1 unspecified atom stereocenters. The van der Waals surface area contributed by atoms with Crippen molar-refractivity contribution in [2.24, 2.45) is 0 Å². The maximum Gasteiger partial charge on any atom is 0.194 e. The number of hydrogen-bond donors (Lipinski definition) is 1. The van der Waals surface area contributed by atoms with E-state index >= 15 is 0 Å². The normalized spacial score (nSPS) is 17.8. The molecule has 2 heterocycles. The van der Waals surface area contributed by atoms with Crippen LogP contribution in [-0.4, -0.2) is 21.3 Å². The Balaban J connectivity index is 2.05. The molecule has 2 aromatic rings. The van der Waals surface area contributed by atoms with E-state index in [0.29, 0.717) is 12.4 Å². The van der Waals surface area contributed by atoms with E-state index in [9.17, 15) is 13.2 Å². The third-order valence-corrected chi connectivity index (χ3v) is 3.64. The highest BCUT2D eigenvalue weighted by molar-refractivity contribution is 5.56. The van der Waals surface area contributed by atoms with Crippen molar-refractivity contribution < 1.29 is 13.2 Å². The first-order valence-corrected chi connectivity index (χ1v) is 6.93. The second kappa shape index (κ2) is 5.48. The molecule has 1 aromatic heterocycles. The monoisotopic (exact) mass is 296 g/mol. The second-order valence-corrected chi connectivity index (χ2v) is 5.08. The van der Waals surface area contributed by atoms with Crippen molar-refractivity contribution in [2.75, 3.05) is 6.54 Å². The fraction of sp³-hybridized carbons (Fsp3) is 0.429. The minimum Gasteiger partial charge on any atom is -0.308 e. The number of aromatic nitrogens is 3. The van der Waals surface area contributed by atoms with Crippen LogP contribution in [0.2, 0.25) is 0 Å². The van der Waals surface area contributed by atoms with Gasteiger partial charge in [0.25, 0.3) is 0 Å². The molecule has 0 radical (unpaired) electrons. The van der Waals surface area contributed by atoms with Crippen LogP contribution in [0.15, 0.2) is 12.1 Å². The van der Waals surface area contributed by atoms with Crippen LogP contribution >= 0.6 is 0 Å². The molecule has 112 valence electrons. The lowest BCUT2D eigenvalue weighted by Crippen LogP contribution is -2.33. The molecule has 1 atom stereocenters. The van der Waals surface area contributed by atoms with Crippen LogP contribution in [0.1, 0.15) is 31.6 Å². The third kappa shape index (κ3) is 2.42. The summed E-state index contributed by atoms with van der Waals surface area (Å²) in [5, 5.41) is 11.5. The molecule has 7 heteroatoms. The SMILES string of the molecule is CCCC1NCCn2c(-c3cc(F)c(F)c(F)c3)nnc21. The lowest BCUT2D eigenvalue weighted by atomic mass is 10.1. The number of fused-ring (bicyclic) bond motifs is 1. The molecule has 1 aliphatic rings. The molecule has 0 saturated heterocycles. The van der Waals surface area contributed by atoms with Gasteiger partial charge in [-0.1, -0.05) is 13.3 Å². The van der Waals surface area contributed by atoms with Gasteiger partial charge >= 0.3 is 0 Å². The van der Waals surface area contributed by atoms with Gasteiger partial charge in [0.1, 0.15) is 0 Å². The van der Waals surface area contributed by atoms with Crippen LogP contribution < -0.4 is 5.32 Å². The van der Waals surface area contributed by atoms with Gasteiger partial charge < -0.3 is 9.88 Å². The molecule has 4 nitrogen and oxygen atoms in total. The smallest absolute Gasteiger partial charge is 0.194 e. The minimum absolute atomic E-state index is 0.0835. The number of benzene rings is 1. The van der Waals surface area contributed by atoms with E-state index in [1.54, 1.807) is 0 Å². The Bertz CT molecular complexity index is 645. The first kappa shape index (κ1) is 14.1. The topological polar surface area (TPSA) is 42.7 Å². The largest absolute Gasteiger partial charge is 0.308 e. The molecule has 0 spiro atoms. The Labute approximate surface area is 120 Å². The van der Waals surface area contributed by atoms with Crippen molar-refractivity contribution in [2.45, 2.75) is 32.4 Å². The van der Waals surface area contributed by atoms with E-state index in [4.69, 9.17) is 0 Å². The standard InChI is InChI=1S/C14H15F3N4/c1-2-3-11-14-20-19-13(21(14)5-4-18-11)8-6-9(15)12(17)10(16)7-8/h6-7,11,18H,2-5H2,1H3. The molecule has 1 N–H and O–H groups in total. The van der Waals surface area contributed by atoms with Crippen molar-refractivity contribution in [3.05, 3.63) is 35.4 Å². The quantitative estimate of drug-likeness (QED) is 0.886. The van der Waals surface area contributed by atoms with Crippen LogP contribution in [0.5, 0.6) is 0 Å². The van der Waals surface area contributed by atoms with Crippen LogP contribution in [0, 0.1) is 17.5 Å². The van der Waals surface area contributed by atoms with Gasteiger partial charge in [-0.2, -0.15) is 0 Å². The van der Waals surface area contributed by atoms with Crippen molar-refractivity contribution in [1.82, 2.24) is 20.1 Å². The predicted octanol–water partition coefficient (Wildman–Crippen LogP) is 2.81. The van der Waals surface area contributed by atoms with E-state index in [1.165, 1.54) is 0 Å². The van der Waals surface area contributed by atoms with E-state index in [-0.39, 0.29) is 11.6 Å². The Morgan fingerprint density at radius 3 is 2.62 bits per heavy atom. The Morgan fingerprint density at radius 2 is 1.95 bits per heavy atom. The first-order chi connectivity index (χ1) is 10.1. The zero-order chi connectivity index (χ0) is 15.0. The summed E-state index contributed by atoms with van der Waals surface area (Å²) in [6, 6.07) is 1.99. The number of rotatable bonds is 3. The van der Waals surface area contributed by atoms with E-state index in [0.717, 1.165) is 37.3 Å². The van der Waals surface area contributed by atoms with Crippen LogP contribution in [0.4, 0.5) is 13.2 Å². The lowest BCUT2D eigenvalue weighted by Gasteiger charge is -2.24. The summed E-state index contributed by atoms with van der Waals surface area (Å²) in [5.74, 6) is -2.79. The Morgan fingerprint density at radius 1 is 1.24 bits per heavy atom. The van der Waals surface area contributed by atoms with Crippen molar-refractivity contribution >= 4 is 0 Å². The molecule has 0 fully saturated rings. The zero-order valence-electron chi connectivity index (χ0n) is 11.5. The lowest BCUT2D eigenvalue weighted by molar-refractivity contribution is 0.394. The number of halogens is 3. The van der Waals surface area contributed by atoms with Crippen LogP contribution in [0.3, 0.4) is 0 Å². The average molecular weight is 296 g/mol.